The SMILES string of the molecule is CC/C([S-])=C(/[S-])CNCc1ccccc1.[Ni].[S-]C1=C([S-])CN(Cc2ccccc2)CC1. The first-order valence-electron chi connectivity index (χ1n) is 10.1. The van der Waals surface area contributed by atoms with Gasteiger partial charge in [-0.15, -0.1) is 0 Å². The average molecular weight is 531 g/mol. The van der Waals surface area contributed by atoms with Gasteiger partial charge < -0.3 is 55.8 Å². The van der Waals surface area contributed by atoms with Crippen LogP contribution in [0, 0.1) is 0 Å². The second-order valence-electron chi connectivity index (χ2n) is 7.08. The van der Waals surface area contributed by atoms with Gasteiger partial charge in [-0.1, -0.05) is 74.0 Å². The third-order valence-corrected chi connectivity index (χ3v) is 6.68. The molecule has 7 heteroatoms. The summed E-state index contributed by atoms with van der Waals surface area (Å²) < 4.78 is 0. The molecular weight excluding hydrogens is 503 g/mol. The maximum absolute atomic E-state index is 5.24. The van der Waals surface area contributed by atoms with Crippen molar-refractivity contribution < 1.29 is 16.5 Å². The maximum atomic E-state index is 5.24. The standard InChI is InChI=1S/C12H15NS2.C12H17NS2.Ni/c14-11-6-7-13(9-12(11)15)8-10-4-2-1-3-5-10;1-2-11(14)12(15)9-13-8-10-6-4-3-5-7-10;/h1-5,14-15H,6-9H2;3-7,13-15H,2,8-9H2,1H3;/p-4/b;12-11-;. The second kappa shape index (κ2) is 15.9. The summed E-state index contributed by atoms with van der Waals surface area (Å²) in [6, 6.07) is 20.7. The van der Waals surface area contributed by atoms with Crippen LogP contribution >= 0.6 is 0 Å². The van der Waals surface area contributed by atoms with E-state index in [0.29, 0.717) is 6.54 Å². The van der Waals surface area contributed by atoms with Gasteiger partial charge in [0, 0.05) is 36.1 Å². The van der Waals surface area contributed by atoms with E-state index in [1.165, 1.54) is 11.1 Å². The van der Waals surface area contributed by atoms with Crippen molar-refractivity contribution in [3.63, 3.8) is 0 Å². The summed E-state index contributed by atoms with van der Waals surface area (Å²) in [5.41, 5.74) is 2.61. The summed E-state index contributed by atoms with van der Waals surface area (Å²) in [6.45, 7) is 6.44. The van der Waals surface area contributed by atoms with Crippen LogP contribution in [0.4, 0.5) is 0 Å². The van der Waals surface area contributed by atoms with Crippen LogP contribution in [0.5, 0.6) is 0 Å². The van der Waals surface area contributed by atoms with E-state index >= 15 is 0 Å². The fourth-order valence-corrected chi connectivity index (χ4v) is 3.72. The largest absolute Gasteiger partial charge is 0.786 e. The van der Waals surface area contributed by atoms with E-state index in [2.05, 4.69) is 46.6 Å². The van der Waals surface area contributed by atoms with Gasteiger partial charge in [0.05, 0.1) is 0 Å². The molecule has 0 unspecified atom stereocenters. The zero-order valence-corrected chi connectivity index (χ0v) is 21.9. The van der Waals surface area contributed by atoms with Crippen LogP contribution in [-0.4, -0.2) is 24.5 Å². The summed E-state index contributed by atoms with van der Waals surface area (Å²) in [7, 11) is 0. The molecule has 0 fully saturated rings. The van der Waals surface area contributed by atoms with Crippen molar-refractivity contribution in [1.82, 2.24) is 10.2 Å². The van der Waals surface area contributed by atoms with E-state index in [9.17, 15) is 0 Å². The molecule has 2 nitrogen and oxygen atoms in total. The quantitative estimate of drug-likeness (QED) is 0.409. The number of nitrogens with zero attached hydrogens (tertiary/aromatic N) is 1. The van der Waals surface area contributed by atoms with Crippen LogP contribution < -0.4 is 5.32 Å². The number of benzene rings is 2. The van der Waals surface area contributed by atoms with Gasteiger partial charge in [-0.05, 0) is 30.6 Å². The van der Waals surface area contributed by atoms with Crippen molar-refractivity contribution in [1.29, 1.82) is 0 Å². The molecule has 2 aromatic rings. The molecule has 0 aromatic heterocycles. The van der Waals surface area contributed by atoms with Crippen LogP contribution in [0.25, 0.3) is 0 Å². The fraction of sp³-hybridized carbons (Fsp3) is 0.333. The van der Waals surface area contributed by atoms with E-state index in [-0.39, 0.29) is 16.5 Å². The van der Waals surface area contributed by atoms with Crippen molar-refractivity contribution >= 4 is 50.5 Å². The van der Waals surface area contributed by atoms with E-state index in [1.807, 2.05) is 31.2 Å². The summed E-state index contributed by atoms with van der Waals surface area (Å²) in [5.74, 6) is 0. The third-order valence-electron chi connectivity index (χ3n) is 4.67. The Balaban J connectivity index is 0.000000300. The summed E-state index contributed by atoms with van der Waals surface area (Å²) >= 11 is 20.7. The Labute approximate surface area is 219 Å². The van der Waals surface area contributed by atoms with Gasteiger partial charge in [0.25, 0.3) is 0 Å². The Kier molecular flexibility index (Phi) is 14.5. The van der Waals surface area contributed by atoms with Gasteiger partial charge in [0.2, 0.25) is 0 Å². The predicted octanol–water partition coefficient (Wildman–Crippen LogP) is 4.69. The monoisotopic (exact) mass is 530 g/mol. The first-order chi connectivity index (χ1) is 14.5. The Bertz CT molecular complexity index is 816. The number of hydrogen-bond acceptors (Lipinski definition) is 6. The molecule has 1 aliphatic rings. The number of allylic oxidation sites excluding steroid dienone is 1. The molecule has 172 valence electrons. The topological polar surface area (TPSA) is 15.3 Å². The molecule has 1 aliphatic heterocycles. The second-order valence-corrected chi connectivity index (χ2v) is 9.05. The molecule has 1 heterocycles. The molecular formula is C24H28N2NiS4-4. The maximum Gasteiger partial charge on any atom is 0.0236 e. The van der Waals surface area contributed by atoms with Crippen molar-refractivity contribution in [3.05, 3.63) is 91.4 Å². The minimum Gasteiger partial charge on any atom is -0.786 e. The van der Waals surface area contributed by atoms with Crippen LogP contribution in [0.3, 0.4) is 0 Å². The van der Waals surface area contributed by atoms with E-state index < -0.39 is 0 Å². The first kappa shape index (κ1) is 28.2. The number of rotatable bonds is 7. The molecule has 0 radical (unpaired) electrons. The van der Waals surface area contributed by atoms with Crippen LogP contribution in [0.1, 0.15) is 30.9 Å². The molecule has 0 bridgehead atoms. The Morgan fingerprint density at radius 3 is 2.00 bits per heavy atom. The number of hydrogen-bond donors (Lipinski definition) is 1. The molecule has 3 rings (SSSR count). The third kappa shape index (κ3) is 11.1. The van der Waals surface area contributed by atoms with Crippen molar-refractivity contribution in [2.45, 2.75) is 32.9 Å². The molecule has 0 spiro atoms. The Morgan fingerprint density at radius 1 is 0.871 bits per heavy atom. The molecule has 0 saturated heterocycles. The molecule has 1 N–H and O–H groups in total. The molecule has 0 atom stereocenters. The zero-order chi connectivity index (χ0) is 21.8. The van der Waals surface area contributed by atoms with Crippen LogP contribution in [-0.2, 0) is 80.1 Å². The summed E-state index contributed by atoms with van der Waals surface area (Å²) in [6.07, 6.45) is 1.81. The molecule has 0 aliphatic carbocycles. The molecule has 2 aromatic carbocycles. The van der Waals surface area contributed by atoms with E-state index in [4.69, 9.17) is 50.5 Å². The number of nitrogens with one attached hydrogen (secondary N) is 1. The van der Waals surface area contributed by atoms with E-state index in [1.54, 1.807) is 0 Å². The Hall–Kier alpha value is -0.786. The van der Waals surface area contributed by atoms with Gasteiger partial charge in [-0.2, -0.15) is 0 Å². The minimum atomic E-state index is 0. The van der Waals surface area contributed by atoms with Crippen LogP contribution in [0.2, 0.25) is 0 Å². The van der Waals surface area contributed by atoms with E-state index in [0.717, 1.165) is 58.6 Å². The van der Waals surface area contributed by atoms with Gasteiger partial charge >= 0.3 is 0 Å². The van der Waals surface area contributed by atoms with Gasteiger partial charge in [-0.3, -0.25) is 4.90 Å². The smallest absolute Gasteiger partial charge is 0.0236 e. The first-order valence-corrected chi connectivity index (χ1v) is 11.8. The molecule has 0 saturated carbocycles. The Morgan fingerprint density at radius 2 is 1.45 bits per heavy atom. The van der Waals surface area contributed by atoms with Gasteiger partial charge in [-0.25, -0.2) is 19.6 Å². The fourth-order valence-electron chi connectivity index (χ4n) is 2.96. The zero-order valence-electron chi connectivity index (χ0n) is 17.6. The van der Waals surface area contributed by atoms with Crippen molar-refractivity contribution in [2.24, 2.45) is 0 Å². The summed E-state index contributed by atoms with van der Waals surface area (Å²) in [5, 5.41) is 3.29. The van der Waals surface area contributed by atoms with Crippen molar-refractivity contribution in [2.75, 3.05) is 19.6 Å². The molecule has 31 heavy (non-hydrogen) atoms. The van der Waals surface area contributed by atoms with Gasteiger partial charge in [0.15, 0.2) is 0 Å². The normalized spacial score (nSPS) is 14.7. The molecule has 0 amide bonds. The van der Waals surface area contributed by atoms with Crippen LogP contribution in [0.15, 0.2) is 80.3 Å². The van der Waals surface area contributed by atoms with Gasteiger partial charge in [0.1, 0.15) is 0 Å². The predicted molar refractivity (Wildman–Crippen MR) is 138 cm³/mol. The summed E-state index contributed by atoms with van der Waals surface area (Å²) in [4.78, 5) is 6.04. The van der Waals surface area contributed by atoms with Crippen molar-refractivity contribution in [3.8, 4) is 0 Å². The minimum absolute atomic E-state index is 0. The average Bonchev–Trinajstić information content (AvgIpc) is 2.77.